The summed E-state index contributed by atoms with van der Waals surface area (Å²) >= 11 is 0. The van der Waals surface area contributed by atoms with Crippen LogP contribution in [-0.4, -0.2) is 71.2 Å². The zero-order valence-electron chi connectivity index (χ0n) is 11.4. The molecule has 0 aromatic heterocycles. The highest BCUT2D eigenvalue weighted by molar-refractivity contribution is 5.78. The molecule has 1 fully saturated rings. The minimum Gasteiger partial charge on any atom is -0.481 e. The Morgan fingerprint density at radius 1 is 1.05 bits per heavy atom. The Hall–Kier alpha value is -1.14. The van der Waals surface area contributed by atoms with Gasteiger partial charge < -0.3 is 15.1 Å². The van der Waals surface area contributed by atoms with Crippen LogP contribution in [0.4, 0.5) is 0 Å². The average molecular weight is 272 g/mol. The van der Waals surface area contributed by atoms with E-state index in [1.165, 1.54) is 12.8 Å². The quantitative estimate of drug-likeness (QED) is 0.690. The summed E-state index contributed by atoms with van der Waals surface area (Å²) < 4.78 is 0. The first-order chi connectivity index (χ1) is 9.13. The fraction of sp³-hybridized carbons (Fsp3) is 0.846. The highest BCUT2D eigenvalue weighted by Gasteiger charge is 2.18. The van der Waals surface area contributed by atoms with Gasteiger partial charge in [0, 0.05) is 26.2 Å². The lowest BCUT2D eigenvalue weighted by Crippen LogP contribution is -2.42. The summed E-state index contributed by atoms with van der Waals surface area (Å²) in [6.45, 7) is 2.37. The summed E-state index contributed by atoms with van der Waals surface area (Å²) in [5.41, 5.74) is 0. The van der Waals surface area contributed by atoms with Crippen LogP contribution in [0.3, 0.4) is 0 Å². The molecule has 6 heteroatoms. The summed E-state index contributed by atoms with van der Waals surface area (Å²) in [6, 6.07) is 0. The zero-order valence-corrected chi connectivity index (χ0v) is 11.4. The molecular formula is C13H24N2O4. The topological polar surface area (TPSA) is 81.1 Å². The molecule has 0 saturated carbocycles. The van der Waals surface area contributed by atoms with Crippen molar-refractivity contribution in [2.45, 2.75) is 32.1 Å². The Morgan fingerprint density at radius 2 is 1.68 bits per heavy atom. The van der Waals surface area contributed by atoms with Gasteiger partial charge in [-0.15, -0.1) is 0 Å². The summed E-state index contributed by atoms with van der Waals surface area (Å²) in [5, 5.41) is 17.6. The first kappa shape index (κ1) is 15.9. The van der Waals surface area contributed by atoms with Crippen LogP contribution in [0.1, 0.15) is 32.1 Å². The lowest BCUT2D eigenvalue weighted by Gasteiger charge is -2.25. The predicted molar refractivity (Wildman–Crippen MR) is 70.8 cm³/mol. The molecule has 1 aliphatic rings. The predicted octanol–water partition coefficient (Wildman–Crippen LogP) is 0.158. The number of rotatable bonds is 7. The van der Waals surface area contributed by atoms with Crippen molar-refractivity contribution in [1.29, 1.82) is 0 Å². The molecule has 19 heavy (non-hydrogen) atoms. The van der Waals surface area contributed by atoms with Gasteiger partial charge in [0.05, 0.1) is 19.6 Å². The van der Waals surface area contributed by atoms with Crippen LogP contribution >= 0.6 is 0 Å². The van der Waals surface area contributed by atoms with E-state index in [0.29, 0.717) is 13.1 Å². The van der Waals surface area contributed by atoms with Gasteiger partial charge in [0.1, 0.15) is 0 Å². The second-order valence-electron chi connectivity index (χ2n) is 4.94. The molecule has 2 N–H and O–H groups in total. The largest absolute Gasteiger partial charge is 0.481 e. The Bertz CT molecular complexity index is 288. The van der Waals surface area contributed by atoms with Gasteiger partial charge >= 0.3 is 5.97 Å². The standard InChI is InChI=1S/C13H24N2O4/c16-10-9-14(8-5-13(18)19)11-12(17)15-6-3-1-2-4-7-15/h16H,1-11H2,(H,18,19). The van der Waals surface area contributed by atoms with E-state index in [4.69, 9.17) is 10.2 Å². The van der Waals surface area contributed by atoms with E-state index in [1.807, 2.05) is 4.90 Å². The van der Waals surface area contributed by atoms with Crippen LogP contribution in [-0.2, 0) is 9.59 Å². The molecular weight excluding hydrogens is 248 g/mol. The minimum absolute atomic E-state index is 0.00667. The number of amides is 1. The van der Waals surface area contributed by atoms with E-state index in [2.05, 4.69) is 0 Å². The summed E-state index contributed by atoms with van der Waals surface area (Å²) in [4.78, 5) is 26.3. The van der Waals surface area contributed by atoms with Crippen molar-refractivity contribution in [3.05, 3.63) is 0 Å². The minimum atomic E-state index is -0.884. The molecule has 0 aliphatic carbocycles. The SMILES string of the molecule is O=C(O)CCN(CCO)CC(=O)N1CCCCCC1. The van der Waals surface area contributed by atoms with Crippen molar-refractivity contribution in [2.24, 2.45) is 0 Å². The van der Waals surface area contributed by atoms with Crippen LogP contribution in [0, 0.1) is 0 Å². The van der Waals surface area contributed by atoms with Crippen molar-refractivity contribution in [2.75, 3.05) is 39.3 Å². The normalized spacial score (nSPS) is 16.4. The molecule has 1 rings (SSSR count). The lowest BCUT2D eigenvalue weighted by atomic mass is 10.2. The smallest absolute Gasteiger partial charge is 0.304 e. The number of carbonyl (C=O) groups excluding carboxylic acids is 1. The zero-order chi connectivity index (χ0) is 14.1. The van der Waals surface area contributed by atoms with Crippen LogP contribution in [0.25, 0.3) is 0 Å². The summed E-state index contributed by atoms with van der Waals surface area (Å²) in [5.74, 6) is -0.842. The van der Waals surface area contributed by atoms with Gasteiger partial charge in [-0.1, -0.05) is 12.8 Å². The van der Waals surface area contributed by atoms with Crippen molar-refractivity contribution in [3.8, 4) is 0 Å². The number of aliphatic carboxylic acids is 1. The van der Waals surface area contributed by atoms with Crippen molar-refractivity contribution in [1.82, 2.24) is 9.80 Å². The third kappa shape index (κ3) is 6.54. The summed E-state index contributed by atoms with van der Waals surface area (Å²) in [6.07, 6.45) is 4.42. The van der Waals surface area contributed by atoms with Gasteiger partial charge in [0.25, 0.3) is 0 Å². The summed E-state index contributed by atoms with van der Waals surface area (Å²) in [7, 11) is 0. The molecule has 6 nitrogen and oxygen atoms in total. The van der Waals surface area contributed by atoms with Gasteiger partial charge in [-0.2, -0.15) is 0 Å². The second kappa shape index (κ2) is 8.87. The number of carboxylic acid groups (broad SMARTS) is 1. The molecule has 1 heterocycles. The van der Waals surface area contributed by atoms with E-state index in [-0.39, 0.29) is 25.5 Å². The van der Waals surface area contributed by atoms with Gasteiger partial charge in [-0.05, 0) is 12.8 Å². The number of carboxylic acids is 1. The van der Waals surface area contributed by atoms with Crippen LogP contribution in [0.5, 0.6) is 0 Å². The van der Waals surface area contributed by atoms with Crippen molar-refractivity contribution >= 4 is 11.9 Å². The maximum Gasteiger partial charge on any atom is 0.304 e. The maximum absolute atomic E-state index is 12.1. The number of likely N-dealkylation sites (tertiary alicyclic amines) is 1. The third-order valence-electron chi connectivity index (χ3n) is 3.38. The molecule has 0 atom stereocenters. The first-order valence-corrected chi connectivity index (χ1v) is 6.96. The molecule has 1 amide bonds. The van der Waals surface area contributed by atoms with E-state index >= 15 is 0 Å². The van der Waals surface area contributed by atoms with Crippen LogP contribution < -0.4 is 0 Å². The average Bonchev–Trinajstić information content (AvgIpc) is 2.65. The number of carbonyl (C=O) groups is 2. The van der Waals surface area contributed by atoms with E-state index in [1.54, 1.807) is 4.90 Å². The number of hydrogen-bond donors (Lipinski definition) is 2. The van der Waals surface area contributed by atoms with Gasteiger partial charge in [-0.25, -0.2) is 0 Å². The van der Waals surface area contributed by atoms with E-state index in [0.717, 1.165) is 25.9 Å². The van der Waals surface area contributed by atoms with Gasteiger partial charge in [0.2, 0.25) is 5.91 Å². The number of nitrogens with zero attached hydrogens (tertiary/aromatic N) is 2. The second-order valence-corrected chi connectivity index (χ2v) is 4.94. The fourth-order valence-electron chi connectivity index (χ4n) is 2.28. The van der Waals surface area contributed by atoms with E-state index in [9.17, 15) is 9.59 Å². The molecule has 0 spiro atoms. The maximum atomic E-state index is 12.1. The number of hydrogen-bond acceptors (Lipinski definition) is 4. The number of aliphatic hydroxyl groups excluding tert-OH is 1. The fourth-order valence-corrected chi connectivity index (χ4v) is 2.28. The molecule has 0 radical (unpaired) electrons. The van der Waals surface area contributed by atoms with Gasteiger partial charge in [0.15, 0.2) is 0 Å². The van der Waals surface area contributed by atoms with Crippen LogP contribution in [0.2, 0.25) is 0 Å². The Balaban J connectivity index is 2.42. The molecule has 1 aliphatic heterocycles. The van der Waals surface area contributed by atoms with Gasteiger partial charge in [-0.3, -0.25) is 14.5 Å². The molecule has 110 valence electrons. The third-order valence-corrected chi connectivity index (χ3v) is 3.38. The van der Waals surface area contributed by atoms with E-state index < -0.39 is 5.97 Å². The number of aliphatic hydroxyl groups is 1. The highest BCUT2D eigenvalue weighted by atomic mass is 16.4. The molecule has 0 aromatic carbocycles. The molecule has 0 unspecified atom stereocenters. The molecule has 1 saturated heterocycles. The first-order valence-electron chi connectivity index (χ1n) is 6.96. The Labute approximate surface area is 114 Å². The lowest BCUT2D eigenvalue weighted by molar-refractivity contribution is -0.138. The van der Waals surface area contributed by atoms with Crippen LogP contribution in [0.15, 0.2) is 0 Å². The van der Waals surface area contributed by atoms with Crippen molar-refractivity contribution < 1.29 is 19.8 Å². The Morgan fingerprint density at radius 3 is 2.21 bits per heavy atom. The molecule has 0 bridgehead atoms. The van der Waals surface area contributed by atoms with Crippen molar-refractivity contribution in [3.63, 3.8) is 0 Å². The monoisotopic (exact) mass is 272 g/mol. The Kier molecular flexibility index (Phi) is 7.43. The molecule has 0 aromatic rings. The highest BCUT2D eigenvalue weighted by Crippen LogP contribution is 2.10.